The topological polar surface area (TPSA) is 78.1 Å². The van der Waals surface area contributed by atoms with Crippen LogP contribution >= 0.6 is 0 Å². The molecule has 0 N–H and O–H groups in total. The number of alkyl halides is 3. The smallest absolute Gasteiger partial charge is 0.370 e. The number of hydrogen-bond donors (Lipinski definition) is 0. The molecule has 1 fully saturated rings. The second-order valence-corrected chi connectivity index (χ2v) is 7.45. The van der Waals surface area contributed by atoms with E-state index in [1.165, 1.54) is 6.92 Å². The van der Waals surface area contributed by atoms with Crippen LogP contribution in [-0.2, 0) is 35.5 Å². The maximum absolute atomic E-state index is 12.8. The maximum Gasteiger partial charge on any atom is 0.435 e. The Bertz CT molecular complexity index is 1040. The van der Waals surface area contributed by atoms with Gasteiger partial charge in [0.1, 0.15) is 12.2 Å². The second-order valence-electron chi connectivity index (χ2n) is 7.45. The number of benzene rings is 1. The molecule has 0 spiro atoms. The number of aryl methyl sites for hydroxylation is 1. The number of amides is 1. The van der Waals surface area contributed by atoms with Crippen molar-refractivity contribution in [2.24, 2.45) is 0 Å². The minimum Gasteiger partial charge on any atom is -0.370 e. The number of carbonyl (C=O) groups is 1. The number of rotatable bonds is 7. The van der Waals surface area contributed by atoms with Gasteiger partial charge in [-0.1, -0.05) is 35.5 Å². The molecule has 1 saturated heterocycles. The highest BCUT2D eigenvalue weighted by atomic mass is 19.4. The van der Waals surface area contributed by atoms with Crippen LogP contribution in [0.25, 0.3) is 0 Å². The van der Waals surface area contributed by atoms with E-state index in [9.17, 15) is 18.0 Å². The molecule has 11 heteroatoms. The van der Waals surface area contributed by atoms with Crippen LogP contribution < -0.4 is 0 Å². The van der Waals surface area contributed by atoms with Gasteiger partial charge in [0.25, 0.3) is 0 Å². The summed E-state index contributed by atoms with van der Waals surface area (Å²) in [7, 11) is 0. The van der Waals surface area contributed by atoms with Crippen molar-refractivity contribution in [3.05, 3.63) is 65.2 Å². The monoisotopic (exact) mass is 434 g/mol. The third kappa shape index (κ3) is 4.93. The Hall–Kier alpha value is -3.21. The molecule has 8 nitrogen and oxygen atoms in total. The number of likely N-dealkylation sites (tertiary alicyclic amines) is 1. The quantitative estimate of drug-likeness (QED) is 0.571. The van der Waals surface area contributed by atoms with Crippen LogP contribution in [0.5, 0.6) is 0 Å². The zero-order valence-corrected chi connectivity index (χ0v) is 16.8. The summed E-state index contributed by atoms with van der Waals surface area (Å²) < 4.78 is 46.7. The maximum atomic E-state index is 12.8. The van der Waals surface area contributed by atoms with Crippen LogP contribution in [0.4, 0.5) is 13.2 Å². The molecule has 4 rings (SSSR count). The van der Waals surface area contributed by atoms with E-state index in [2.05, 4.69) is 15.4 Å². The molecule has 0 saturated carbocycles. The van der Waals surface area contributed by atoms with Crippen molar-refractivity contribution >= 4 is 5.91 Å². The van der Waals surface area contributed by atoms with Crippen molar-refractivity contribution in [3.8, 4) is 0 Å². The summed E-state index contributed by atoms with van der Waals surface area (Å²) in [5, 5.41) is 11.7. The first kappa shape index (κ1) is 21.0. The van der Waals surface area contributed by atoms with Gasteiger partial charge in [0.05, 0.1) is 25.5 Å². The van der Waals surface area contributed by atoms with Crippen molar-refractivity contribution in [2.75, 3.05) is 13.1 Å². The molecule has 1 aliphatic heterocycles. The number of aromatic nitrogens is 5. The largest absolute Gasteiger partial charge is 0.435 e. The van der Waals surface area contributed by atoms with Gasteiger partial charge in [-0.25, -0.2) is 4.68 Å². The van der Waals surface area contributed by atoms with Gasteiger partial charge < -0.3 is 9.64 Å². The molecule has 31 heavy (non-hydrogen) atoms. The Labute approximate surface area is 176 Å². The van der Waals surface area contributed by atoms with Crippen LogP contribution in [0.3, 0.4) is 0 Å². The summed E-state index contributed by atoms with van der Waals surface area (Å²) in [4.78, 5) is 13.9. The van der Waals surface area contributed by atoms with Gasteiger partial charge in [-0.15, -0.1) is 5.10 Å². The Kier molecular flexibility index (Phi) is 5.77. The molecule has 0 radical (unpaired) electrons. The van der Waals surface area contributed by atoms with Gasteiger partial charge in [-0.05, 0) is 18.6 Å². The average molecular weight is 434 g/mol. The molecular formula is C20H21F3N6O2. The fourth-order valence-corrected chi connectivity index (χ4v) is 3.27. The Morgan fingerprint density at radius 2 is 1.94 bits per heavy atom. The first-order valence-corrected chi connectivity index (χ1v) is 9.71. The fraction of sp³-hybridized carbons (Fsp3) is 0.400. The summed E-state index contributed by atoms with van der Waals surface area (Å²) in [5.41, 5.74) is 1.04. The van der Waals surface area contributed by atoms with Crippen molar-refractivity contribution in [3.63, 3.8) is 0 Å². The molecule has 1 aromatic carbocycles. The Morgan fingerprint density at radius 1 is 1.19 bits per heavy atom. The molecular weight excluding hydrogens is 413 g/mol. The summed E-state index contributed by atoms with van der Waals surface area (Å²) >= 11 is 0. The molecule has 164 valence electrons. The summed E-state index contributed by atoms with van der Waals surface area (Å²) in [6, 6.07) is 10.7. The van der Waals surface area contributed by atoms with E-state index in [1.807, 2.05) is 30.3 Å². The molecule has 0 aliphatic carbocycles. The van der Waals surface area contributed by atoms with Crippen LogP contribution in [0, 0.1) is 6.92 Å². The van der Waals surface area contributed by atoms with E-state index in [0.29, 0.717) is 32.0 Å². The molecule has 0 unspecified atom stereocenters. The minimum absolute atomic E-state index is 0.0243. The highest BCUT2D eigenvalue weighted by Gasteiger charge is 2.36. The van der Waals surface area contributed by atoms with Gasteiger partial charge in [-0.2, -0.15) is 18.3 Å². The van der Waals surface area contributed by atoms with Crippen LogP contribution in [0.1, 0.15) is 28.7 Å². The number of nitrogens with zero attached hydrogens (tertiary/aromatic N) is 6. The molecule has 3 aromatic rings. The van der Waals surface area contributed by atoms with Crippen molar-refractivity contribution in [2.45, 2.75) is 38.9 Å². The molecule has 1 aliphatic rings. The van der Waals surface area contributed by atoms with E-state index in [0.717, 1.165) is 16.3 Å². The molecule has 0 bridgehead atoms. The lowest BCUT2D eigenvalue weighted by molar-refractivity contribution is -0.143. The second kappa shape index (κ2) is 8.50. The van der Waals surface area contributed by atoms with Gasteiger partial charge in [0.2, 0.25) is 5.91 Å². The fourth-order valence-electron chi connectivity index (χ4n) is 3.27. The predicted molar refractivity (Wildman–Crippen MR) is 103 cm³/mol. The molecule has 1 amide bonds. The molecule has 0 atom stereocenters. The lowest BCUT2D eigenvalue weighted by Gasteiger charge is -2.38. The van der Waals surface area contributed by atoms with Gasteiger partial charge in [0, 0.05) is 18.8 Å². The third-order valence-electron chi connectivity index (χ3n) is 5.06. The summed E-state index contributed by atoms with van der Waals surface area (Å²) in [6.45, 7) is 2.89. The molecule has 3 heterocycles. The first-order valence-electron chi connectivity index (χ1n) is 9.71. The lowest BCUT2D eigenvalue weighted by atomic mass is 10.1. The Balaban J connectivity index is 1.25. The zero-order valence-electron chi connectivity index (χ0n) is 16.8. The standard InChI is InChI=1S/C20H21F3N6O2/c1-14-7-18(20(21,22)23)25-28(14)11-19(30)27-9-17(10-27)29-8-16(24-26-29)13-31-12-15-5-3-2-4-6-15/h2-8,17H,9-13H2,1H3. The van der Waals surface area contributed by atoms with E-state index < -0.39 is 11.9 Å². The number of ether oxygens (including phenoxy) is 1. The van der Waals surface area contributed by atoms with Crippen molar-refractivity contribution in [1.82, 2.24) is 29.7 Å². The number of hydrogen-bond acceptors (Lipinski definition) is 5. The number of halogens is 3. The SMILES string of the molecule is Cc1cc(C(F)(F)F)nn1CC(=O)N1CC(n2cc(COCc3ccccc3)nn2)C1. The van der Waals surface area contributed by atoms with Crippen LogP contribution in [-0.4, -0.2) is 48.7 Å². The third-order valence-corrected chi connectivity index (χ3v) is 5.06. The van der Waals surface area contributed by atoms with Crippen molar-refractivity contribution < 1.29 is 22.7 Å². The summed E-state index contributed by atoms with van der Waals surface area (Å²) in [5.74, 6) is -0.289. The van der Waals surface area contributed by atoms with E-state index in [4.69, 9.17) is 4.74 Å². The van der Waals surface area contributed by atoms with Gasteiger partial charge in [0.15, 0.2) is 5.69 Å². The summed E-state index contributed by atoms with van der Waals surface area (Å²) in [6.07, 6.45) is -2.75. The normalized spacial score (nSPS) is 14.6. The molecule has 2 aromatic heterocycles. The zero-order chi connectivity index (χ0) is 22.0. The minimum atomic E-state index is -4.53. The van der Waals surface area contributed by atoms with Gasteiger partial charge in [-0.3, -0.25) is 9.48 Å². The highest BCUT2D eigenvalue weighted by Crippen LogP contribution is 2.28. The van der Waals surface area contributed by atoms with Crippen LogP contribution in [0.15, 0.2) is 42.6 Å². The highest BCUT2D eigenvalue weighted by molar-refractivity contribution is 5.76. The lowest BCUT2D eigenvalue weighted by Crippen LogP contribution is -2.52. The first-order chi connectivity index (χ1) is 14.8. The van der Waals surface area contributed by atoms with E-state index in [-0.39, 0.29) is 24.2 Å². The van der Waals surface area contributed by atoms with Crippen molar-refractivity contribution in [1.29, 1.82) is 0 Å². The van der Waals surface area contributed by atoms with Crippen LogP contribution in [0.2, 0.25) is 0 Å². The Morgan fingerprint density at radius 3 is 2.61 bits per heavy atom. The van der Waals surface area contributed by atoms with Gasteiger partial charge >= 0.3 is 6.18 Å². The predicted octanol–water partition coefficient (Wildman–Crippen LogP) is 2.60. The average Bonchev–Trinajstić information content (AvgIpc) is 3.28. The number of carbonyl (C=O) groups excluding carboxylic acids is 1. The van der Waals surface area contributed by atoms with E-state index in [1.54, 1.807) is 15.8 Å². The van der Waals surface area contributed by atoms with E-state index >= 15 is 0 Å².